The highest BCUT2D eigenvalue weighted by Gasteiger charge is 2.47. The second-order valence-electron chi connectivity index (χ2n) is 6.91. The number of carbonyl (C=O) groups is 2. The van der Waals surface area contributed by atoms with Crippen molar-refractivity contribution >= 4 is 11.8 Å². The van der Waals surface area contributed by atoms with Gasteiger partial charge in [0.05, 0.1) is 6.10 Å². The Morgan fingerprint density at radius 3 is 2.67 bits per heavy atom. The van der Waals surface area contributed by atoms with Crippen LogP contribution >= 0.6 is 0 Å². The topological polar surface area (TPSA) is 58.6 Å². The number of carbonyl (C=O) groups excluding carboxylic acids is 2. The minimum absolute atomic E-state index is 0.0225. The fourth-order valence-electron chi connectivity index (χ4n) is 3.15. The van der Waals surface area contributed by atoms with Crippen LogP contribution < -0.4 is 5.32 Å². The van der Waals surface area contributed by atoms with E-state index in [1.54, 1.807) is 4.90 Å². The van der Waals surface area contributed by atoms with E-state index in [0.717, 1.165) is 19.4 Å². The van der Waals surface area contributed by atoms with Gasteiger partial charge in [-0.1, -0.05) is 20.8 Å². The molecule has 2 aliphatic heterocycles. The predicted molar refractivity (Wildman–Crippen MR) is 80.8 cm³/mol. The summed E-state index contributed by atoms with van der Waals surface area (Å²) < 4.78 is 5.67. The molecular weight excluding hydrogens is 268 g/mol. The van der Waals surface area contributed by atoms with Crippen LogP contribution in [0, 0.1) is 5.92 Å². The number of hydrogen-bond donors (Lipinski definition) is 1. The van der Waals surface area contributed by atoms with Gasteiger partial charge in [-0.25, -0.2) is 0 Å². The van der Waals surface area contributed by atoms with Gasteiger partial charge in [-0.15, -0.1) is 0 Å². The molecule has 0 saturated carbocycles. The van der Waals surface area contributed by atoms with Crippen LogP contribution in [0.25, 0.3) is 0 Å². The quantitative estimate of drug-likeness (QED) is 0.840. The molecule has 2 saturated heterocycles. The molecule has 5 nitrogen and oxygen atoms in total. The molecule has 120 valence electrons. The van der Waals surface area contributed by atoms with Crippen molar-refractivity contribution in [2.45, 2.75) is 71.1 Å². The lowest BCUT2D eigenvalue weighted by molar-refractivity contribution is -0.156. The SMILES string of the molecule is CCC1(C)NC(=O)C(CC(C)C)N(CC2CCCO2)C1=O. The first-order valence-electron chi connectivity index (χ1n) is 8.12. The fourth-order valence-corrected chi connectivity index (χ4v) is 3.15. The van der Waals surface area contributed by atoms with E-state index in [9.17, 15) is 9.59 Å². The fraction of sp³-hybridized carbons (Fsp3) is 0.875. The summed E-state index contributed by atoms with van der Waals surface area (Å²) in [6.45, 7) is 9.22. The molecule has 21 heavy (non-hydrogen) atoms. The molecular formula is C16H28N2O3. The van der Waals surface area contributed by atoms with Crippen molar-refractivity contribution in [1.82, 2.24) is 10.2 Å². The summed E-state index contributed by atoms with van der Waals surface area (Å²) >= 11 is 0. The Kier molecular flexibility index (Phi) is 4.91. The van der Waals surface area contributed by atoms with Crippen LogP contribution in [0.15, 0.2) is 0 Å². The van der Waals surface area contributed by atoms with Crippen LogP contribution in [0.5, 0.6) is 0 Å². The first-order valence-corrected chi connectivity index (χ1v) is 8.12. The maximum absolute atomic E-state index is 12.9. The second-order valence-corrected chi connectivity index (χ2v) is 6.91. The van der Waals surface area contributed by atoms with Crippen molar-refractivity contribution < 1.29 is 14.3 Å². The van der Waals surface area contributed by atoms with Crippen molar-refractivity contribution in [3.63, 3.8) is 0 Å². The van der Waals surface area contributed by atoms with Crippen LogP contribution in [-0.2, 0) is 14.3 Å². The molecule has 0 spiro atoms. The third-order valence-corrected chi connectivity index (χ3v) is 4.64. The molecule has 0 radical (unpaired) electrons. The molecule has 0 aromatic carbocycles. The molecule has 5 heteroatoms. The molecule has 3 unspecified atom stereocenters. The molecule has 2 aliphatic rings. The summed E-state index contributed by atoms with van der Waals surface area (Å²) in [6, 6.07) is -0.360. The van der Waals surface area contributed by atoms with E-state index < -0.39 is 5.54 Å². The van der Waals surface area contributed by atoms with Gasteiger partial charge in [0.25, 0.3) is 0 Å². The summed E-state index contributed by atoms with van der Waals surface area (Å²) in [6.07, 6.45) is 3.40. The standard InChI is InChI=1S/C16H28N2O3/c1-5-16(4)15(20)18(10-12-7-6-8-21-12)13(9-11(2)3)14(19)17-16/h11-13H,5-10H2,1-4H3,(H,17,19). The Labute approximate surface area is 127 Å². The van der Waals surface area contributed by atoms with Gasteiger partial charge in [-0.3, -0.25) is 9.59 Å². The van der Waals surface area contributed by atoms with Crippen LogP contribution in [0.1, 0.15) is 53.4 Å². The van der Waals surface area contributed by atoms with Gasteiger partial charge in [0, 0.05) is 13.2 Å². The average Bonchev–Trinajstić information content (AvgIpc) is 2.92. The minimum Gasteiger partial charge on any atom is -0.376 e. The van der Waals surface area contributed by atoms with Gasteiger partial charge in [0.15, 0.2) is 0 Å². The van der Waals surface area contributed by atoms with Gasteiger partial charge < -0.3 is 15.0 Å². The van der Waals surface area contributed by atoms with Crippen LogP contribution in [0.4, 0.5) is 0 Å². The van der Waals surface area contributed by atoms with Gasteiger partial charge in [0.2, 0.25) is 11.8 Å². The number of nitrogens with zero attached hydrogens (tertiary/aromatic N) is 1. The van der Waals surface area contributed by atoms with Crippen molar-refractivity contribution in [3.8, 4) is 0 Å². The smallest absolute Gasteiger partial charge is 0.248 e. The first-order chi connectivity index (χ1) is 9.87. The Balaban J connectivity index is 2.21. The van der Waals surface area contributed by atoms with E-state index >= 15 is 0 Å². The Morgan fingerprint density at radius 2 is 2.14 bits per heavy atom. The van der Waals surface area contributed by atoms with E-state index in [-0.39, 0.29) is 24.0 Å². The largest absolute Gasteiger partial charge is 0.376 e. The monoisotopic (exact) mass is 296 g/mol. The molecule has 2 fully saturated rings. The molecule has 2 heterocycles. The highest BCUT2D eigenvalue weighted by Crippen LogP contribution is 2.26. The van der Waals surface area contributed by atoms with Crippen molar-refractivity contribution in [1.29, 1.82) is 0 Å². The lowest BCUT2D eigenvalue weighted by atomic mass is 9.89. The van der Waals surface area contributed by atoms with Crippen molar-refractivity contribution in [3.05, 3.63) is 0 Å². The Hall–Kier alpha value is -1.10. The summed E-state index contributed by atoms with van der Waals surface area (Å²) in [5.74, 6) is 0.378. The maximum Gasteiger partial charge on any atom is 0.248 e. The minimum atomic E-state index is -0.775. The molecule has 2 rings (SSSR count). The molecule has 1 N–H and O–H groups in total. The summed E-state index contributed by atoms with van der Waals surface area (Å²) in [4.78, 5) is 27.1. The Morgan fingerprint density at radius 1 is 1.43 bits per heavy atom. The van der Waals surface area contributed by atoms with E-state index in [4.69, 9.17) is 4.74 Å². The maximum atomic E-state index is 12.9. The third-order valence-electron chi connectivity index (χ3n) is 4.64. The number of hydrogen-bond acceptors (Lipinski definition) is 3. The number of rotatable bonds is 5. The van der Waals surface area contributed by atoms with E-state index in [1.165, 1.54) is 0 Å². The van der Waals surface area contributed by atoms with Gasteiger partial charge in [-0.2, -0.15) is 0 Å². The van der Waals surface area contributed by atoms with Gasteiger partial charge in [0.1, 0.15) is 11.6 Å². The zero-order valence-corrected chi connectivity index (χ0v) is 13.6. The molecule has 3 atom stereocenters. The van der Waals surface area contributed by atoms with Crippen LogP contribution in [0.3, 0.4) is 0 Å². The van der Waals surface area contributed by atoms with Crippen LogP contribution in [0.2, 0.25) is 0 Å². The molecule has 0 bridgehead atoms. The highest BCUT2D eigenvalue weighted by molar-refractivity contribution is 5.99. The second kappa shape index (κ2) is 6.34. The lowest BCUT2D eigenvalue weighted by Crippen LogP contribution is -2.69. The summed E-state index contributed by atoms with van der Waals surface area (Å²) in [5.41, 5.74) is -0.775. The molecule has 0 aliphatic carbocycles. The third kappa shape index (κ3) is 3.39. The lowest BCUT2D eigenvalue weighted by Gasteiger charge is -2.45. The average molecular weight is 296 g/mol. The number of piperazine rings is 1. The number of amides is 2. The van der Waals surface area contributed by atoms with Crippen molar-refractivity contribution in [2.24, 2.45) is 5.92 Å². The Bertz CT molecular complexity index is 404. The summed E-state index contributed by atoms with van der Waals surface area (Å²) in [7, 11) is 0. The predicted octanol–water partition coefficient (Wildman–Crippen LogP) is 1.71. The van der Waals surface area contributed by atoms with Crippen molar-refractivity contribution in [2.75, 3.05) is 13.2 Å². The highest BCUT2D eigenvalue weighted by atomic mass is 16.5. The zero-order valence-electron chi connectivity index (χ0n) is 13.6. The van der Waals surface area contributed by atoms with E-state index in [0.29, 0.717) is 25.3 Å². The summed E-state index contributed by atoms with van der Waals surface area (Å²) in [5, 5.41) is 2.93. The zero-order chi connectivity index (χ0) is 15.6. The number of nitrogens with one attached hydrogen (secondary N) is 1. The van der Waals surface area contributed by atoms with E-state index in [2.05, 4.69) is 19.2 Å². The molecule has 0 aromatic heterocycles. The van der Waals surface area contributed by atoms with Gasteiger partial charge >= 0.3 is 0 Å². The van der Waals surface area contributed by atoms with Crippen LogP contribution in [-0.4, -0.2) is 47.6 Å². The molecule has 2 amide bonds. The normalized spacial score (nSPS) is 33.7. The first kappa shape index (κ1) is 16.3. The van der Waals surface area contributed by atoms with E-state index in [1.807, 2.05) is 13.8 Å². The molecule has 0 aromatic rings. The van der Waals surface area contributed by atoms with Gasteiger partial charge in [-0.05, 0) is 38.5 Å². The number of ether oxygens (including phenoxy) is 1.